The van der Waals surface area contributed by atoms with Crippen molar-refractivity contribution in [1.82, 2.24) is 4.90 Å². The van der Waals surface area contributed by atoms with Crippen molar-refractivity contribution in [1.29, 1.82) is 0 Å². The molecule has 114 valence electrons. The first kappa shape index (κ1) is 15.5. The first-order chi connectivity index (χ1) is 10.2. The number of carbonyl (C=O) groups is 2. The normalized spacial score (nSPS) is 19.9. The molecule has 1 aromatic carbocycles. The van der Waals surface area contributed by atoms with Crippen LogP contribution in [0.5, 0.6) is 0 Å². The smallest absolute Gasteiger partial charge is 0.310 e. The van der Waals surface area contributed by atoms with Gasteiger partial charge in [0.25, 0.3) is 5.91 Å². The predicted molar refractivity (Wildman–Crippen MR) is 77.5 cm³/mol. The van der Waals surface area contributed by atoms with Gasteiger partial charge in [-0.25, -0.2) is 0 Å². The third-order valence-electron chi connectivity index (χ3n) is 3.83. The summed E-state index contributed by atoms with van der Waals surface area (Å²) in [6.07, 6.45) is 0.943. The van der Waals surface area contributed by atoms with Crippen molar-refractivity contribution in [3.8, 4) is 0 Å². The van der Waals surface area contributed by atoms with Crippen LogP contribution in [0.15, 0.2) is 30.3 Å². The van der Waals surface area contributed by atoms with E-state index in [-0.39, 0.29) is 17.8 Å². The number of piperidine rings is 1. The van der Waals surface area contributed by atoms with E-state index in [0.29, 0.717) is 13.1 Å². The Kier molecular flexibility index (Phi) is 5.33. The largest absolute Gasteiger partial charge is 0.469 e. The standard InChI is InChI=1S/C16H21NO4/c1-20-14(12-7-4-3-5-8-12)15(18)17-10-6-9-13(11-17)16(19)21-2/h3-5,7-8,13-14H,6,9-11H2,1-2H3/t13-,14?/m0/s1. The van der Waals surface area contributed by atoms with Gasteiger partial charge >= 0.3 is 5.97 Å². The molecule has 5 heteroatoms. The molecule has 0 spiro atoms. The number of rotatable bonds is 4. The molecule has 21 heavy (non-hydrogen) atoms. The molecular formula is C16H21NO4. The van der Waals surface area contributed by atoms with E-state index in [1.165, 1.54) is 14.2 Å². The Balaban J connectivity index is 2.09. The van der Waals surface area contributed by atoms with Crippen LogP contribution in [0.2, 0.25) is 0 Å². The molecule has 0 aromatic heterocycles. The van der Waals surface area contributed by atoms with E-state index in [9.17, 15) is 9.59 Å². The molecule has 1 aromatic rings. The summed E-state index contributed by atoms with van der Waals surface area (Å²) in [5.41, 5.74) is 0.824. The first-order valence-corrected chi connectivity index (χ1v) is 7.11. The Morgan fingerprint density at radius 2 is 1.95 bits per heavy atom. The molecule has 0 radical (unpaired) electrons. The van der Waals surface area contributed by atoms with Crippen LogP contribution in [0.4, 0.5) is 0 Å². The summed E-state index contributed by atoms with van der Waals surface area (Å²) in [5.74, 6) is -0.584. The summed E-state index contributed by atoms with van der Waals surface area (Å²) in [6, 6.07) is 9.39. The van der Waals surface area contributed by atoms with Gasteiger partial charge in [0.1, 0.15) is 0 Å². The van der Waals surface area contributed by atoms with E-state index in [1.54, 1.807) is 4.90 Å². The molecule has 1 aliphatic rings. The minimum Gasteiger partial charge on any atom is -0.469 e. The minimum atomic E-state index is -0.623. The lowest BCUT2D eigenvalue weighted by Crippen LogP contribution is -2.44. The van der Waals surface area contributed by atoms with Crippen molar-refractivity contribution in [2.75, 3.05) is 27.3 Å². The number of nitrogens with zero attached hydrogens (tertiary/aromatic N) is 1. The molecule has 1 saturated heterocycles. The predicted octanol–water partition coefficient (Wildman–Crippen LogP) is 1.79. The summed E-state index contributed by atoms with van der Waals surface area (Å²) in [7, 11) is 2.91. The highest BCUT2D eigenvalue weighted by Gasteiger charge is 2.32. The van der Waals surface area contributed by atoms with Crippen molar-refractivity contribution < 1.29 is 19.1 Å². The Bertz CT molecular complexity index is 488. The second kappa shape index (κ2) is 7.22. The monoisotopic (exact) mass is 291 g/mol. The summed E-state index contributed by atoms with van der Waals surface area (Å²) in [4.78, 5) is 26.0. The summed E-state index contributed by atoms with van der Waals surface area (Å²) in [5, 5.41) is 0. The Hall–Kier alpha value is -1.88. The molecule has 2 atom stereocenters. The van der Waals surface area contributed by atoms with Crippen molar-refractivity contribution in [2.45, 2.75) is 18.9 Å². The Morgan fingerprint density at radius 1 is 1.24 bits per heavy atom. The fraction of sp³-hybridized carbons (Fsp3) is 0.500. The van der Waals surface area contributed by atoms with Gasteiger partial charge < -0.3 is 14.4 Å². The lowest BCUT2D eigenvalue weighted by molar-refractivity contribution is -0.151. The minimum absolute atomic E-state index is 0.0997. The molecule has 2 rings (SSSR count). The molecular weight excluding hydrogens is 270 g/mol. The van der Waals surface area contributed by atoms with E-state index < -0.39 is 6.10 Å². The zero-order valence-corrected chi connectivity index (χ0v) is 12.5. The third-order valence-corrected chi connectivity index (χ3v) is 3.83. The van der Waals surface area contributed by atoms with Gasteiger partial charge in [-0.15, -0.1) is 0 Å². The molecule has 0 N–H and O–H groups in total. The summed E-state index contributed by atoms with van der Waals surface area (Å²) >= 11 is 0. The number of benzene rings is 1. The van der Waals surface area contributed by atoms with Crippen LogP contribution in [-0.4, -0.2) is 44.1 Å². The first-order valence-electron chi connectivity index (χ1n) is 7.11. The second-order valence-corrected chi connectivity index (χ2v) is 5.17. The third kappa shape index (κ3) is 3.61. The van der Waals surface area contributed by atoms with Gasteiger partial charge in [0.2, 0.25) is 0 Å². The highest BCUT2D eigenvalue weighted by Crippen LogP contribution is 2.24. The fourth-order valence-electron chi connectivity index (χ4n) is 2.71. The summed E-state index contributed by atoms with van der Waals surface area (Å²) in [6.45, 7) is 1.05. The Labute approximate surface area is 124 Å². The molecule has 0 bridgehead atoms. The van der Waals surface area contributed by atoms with Crippen molar-refractivity contribution in [2.24, 2.45) is 5.92 Å². The van der Waals surface area contributed by atoms with E-state index >= 15 is 0 Å². The molecule has 1 aliphatic heterocycles. The summed E-state index contributed by atoms with van der Waals surface area (Å²) < 4.78 is 10.1. The van der Waals surface area contributed by atoms with Crippen LogP contribution >= 0.6 is 0 Å². The number of hydrogen-bond acceptors (Lipinski definition) is 4. The number of hydrogen-bond donors (Lipinski definition) is 0. The molecule has 5 nitrogen and oxygen atoms in total. The number of likely N-dealkylation sites (tertiary alicyclic amines) is 1. The molecule has 0 aliphatic carbocycles. The zero-order chi connectivity index (χ0) is 15.2. The van der Waals surface area contributed by atoms with E-state index in [1.807, 2.05) is 30.3 Å². The lowest BCUT2D eigenvalue weighted by Gasteiger charge is -2.33. The Morgan fingerprint density at radius 3 is 2.57 bits per heavy atom. The molecule has 1 heterocycles. The molecule has 0 saturated carbocycles. The topological polar surface area (TPSA) is 55.8 Å². The average molecular weight is 291 g/mol. The van der Waals surface area contributed by atoms with E-state index in [0.717, 1.165) is 18.4 Å². The van der Waals surface area contributed by atoms with Crippen molar-refractivity contribution in [3.63, 3.8) is 0 Å². The van der Waals surface area contributed by atoms with Crippen molar-refractivity contribution in [3.05, 3.63) is 35.9 Å². The van der Waals surface area contributed by atoms with Crippen LogP contribution in [0.25, 0.3) is 0 Å². The SMILES string of the molecule is COC(=O)[C@H]1CCCN(C(=O)C(OC)c2ccccc2)C1. The molecule has 1 fully saturated rings. The van der Waals surface area contributed by atoms with Gasteiger partial charge in [-0.2, -0.15) is 0 Å². The van der Waals surface area contributed by atoms with Gasteiger partial charge in [-0.1, -0.05) is 30.3 Å². The number of amides is 1. The highest BCUT2D eigenvalue weighted by atomic mass is 16.5. The lowest BCUT2D eigenvalue weighted by atomic mass is 9.97. The van der Waals surface area contributed by atoms with Gasteiger partial charge in [0, 0.05) is 20.2 Å². The van der Waals surface area contributed by atoms with Crippen molar-refractivity contribution >= 4 is 11.9 Å². The second-order valence-electron chi connectivity index (χ2n) is 5.17. The van der Waals surface area contributed by atoms with Gasteiger partial charge in [-0.05, 0) is 18.4 Å². The van der Waals surface area contributed by atoms with E-state index in [4.69, 9.17) is 9.47 Å². The quantitative estimate of drug-likeness (QED) is 0.794. The van der Waals surface area contributed by atoms with Crippen LogP contribution in [0, 0.1) is 5.92 Å². The van der Waals surface area contributed by atoms with Crippen LogP contribution in [0.1, 0.15) is 24.5 Å². The highest BCUT2D eigenvalue weighted by molar-refractivity contribution is 5.83. The van der Waals surface area contributed by atoms with Crippen LogP contribution in [0.3, 0.4) is 0 Å². The average Bonchev–Trinajstić information content (AvgIpc) is 2.55. The number of methoxy groups -OCH3 is 2. The van der Waals surface area contributed by atoms with E-state index in [2.05, 4.69) is 0 Å². The number of esters is 1. The van der Waals surface area contributed by atoms with Crippen LogP contribution in [-0.2, 0) is 19.1 Å². The number of ether oxygens (including phenoxy) is 2. The maximum atomic E-state index is 12.6. The maximum Gasteiger partial charge on any atom is 0.310 e. The van der Waals surface area contributed by atoms with Gasteiger partial charge in [0.05, 0.1) is 13.0 Å². The maximum absolute atomic E-state index is 12.6. The number of carbonyl (C=O) groups excluding carboxylic acids is 2. The van der Waals surface area contributed by atoms with Gasteiger partial charge in [-0.3, -0.25) is 9.59 Å². The molecule has 1 amide bonds. The molecule has 1 unspecified atom stereocenters. The van der Waals surface area contributed by atoms with Gasteiger partial charge in [0.15, 0.2) is 6.10 Å². The fourth-order valence-corrected chi connectivity index (χ4v) is 2.71. The van der Waals surface area contributed by atoms with Crippen LogP contribution < -0.4 is 0 Å². The zero-order valence-electron chi connectivity index (χ0n) is 12.5.